The maximum atomic E-state index is 14.6. The molecule has 3 aromatic carbocycles. The van der Waals surface area contributed by atoms with Gasteiger partial charge in [0.25, 0.3) is 5.91 Å². The Kier molecular flexibility index (Phi) is 7.09. The molecule has 4 aromatic rings. The van der Waals surface area contributed by atoms with Crippen LogP contribution < -0.4 is 10.0 Å². The standard InChI is InChI=1S/C26H25FN4O3S/c1-18-12-13-20(16-23(18)35(33,34)29-17-19-8-4-3-5-9-19)26(32)30-24(25-28-14-15-31(25)2)21-10-6-7-11-22(21)27/h3-16,24,29H,17H2,1-2H3,(H,30,32). The number of nitrogens with zero attached hydrogens (tertiary/aromatic N) is 2. The highest BCUT2D eigenvalue weighted by Crippen LogP contribution is 2.24. The molecule has 0 saturated heterocycles. The first kappa shape index (κ1) is 24.3. The van der Waals surface area contributed by atoms with Crippen molar-refractivity contribution in [1.82, 2.24) is 19.6 Å². The topological polar surface area (TPSA) is 93.1 Å². The molecular weight excluding hydrogens is 467 g/mol. The van der Waals surface area contributed by atoms with Crippen LogP contribution in [0.1, 0.15) is 38.9 Å². The normalized spacial score (nSPS) is 12.3. The van der Waals surface area contributed by atoms with Gasteiger partial charge in [0.15, 0.2) is 0 Å². The molecular formula is C26H25FN4O3S. The van der Waals surface area contributed by atoms with Crippen LogP contribution in [0, 0.1) is 12.7 Å². The summed E-state index contributed by atoms with van der Waals surface area (Å²) in [4.78, 5) is 17.5. The number of imidazole rings is 1. The highest BCUT2D eigenvalue weighted by Gasteiger charge is 2.25. The number of carbonyl (C=O) groups excluding carboxylic acids is 1. The maximum absolute atomic E-state index is 14.6. The van der Waals surface area contributed by atoms with Gasteiger partial charge < -0.3 is 9.88 Å². The third-order valence-electron chi connectivity index (χ3n) is 5.66. The minimum Gasteiger partial charge on any atom is -0.338 e. The zero-order chi connectivity index (χ0) is 25.0. The average Bonchev–Trinajstić information content (AvgIpc) is 3.28. The van der Waals surface area contributed by atoms with E-state index in [0.717, 1.165) is 5.56 Å². The van der Waals surface area contributed by atoms with E-state index >= 15 is 0 Å². The van der Waals surface area contributed by atoms with Crippen LogP contribution in [-0.4, -0.2) is 23.9 Å². The maximum Gasteiger partial charge on any atom is 0.252 e. The van der Waals surface area contributed by atoms with Gasteiger partial charge in [-0.15, -0.1) is 0 Å². The largest absolute Gasteiger partial charge is 0.338 e. The van der Waals surface area contributed by atoms with Crippen LogP contribution in [0.3, 0.4) is 0 Å². The molecule has 0 aliphatic carbocycles. The van der Waals surface area contributed by atoms with Gasteiger partial charge in [-0.3, -0.25) is 4.79 Å². The van der Waals surface area contributed by atoms with Crippen molar-refractivity contribution in [2.45, 2.75) is 24.4 Å². The summed E-state index contributed by atoms with van der Waals surface area (Å²) in [5.74, 6) is -0.605. The summed E-state index contributed by atoms with van der Waals surface area (Å²) in [5, 5.41) is 2.81. The second-order valence-electron chi connectivity index (χ2n) is 8.11. The summed E-state index contributed by atoms with van der Waals surface area (Å²) in [6, 6.07) is 18.8. The van der Waals surface area contributed by atoms with E-state index in [1.807, 2.05) is 30.3 Å². The Morgan fingerprint density at radius 2 is 1.77 bits per heavy atom. The number of aromatic nitrogens is 2. The smallest absolute Gasteiger partial charge is 0.252 e. The molecule has 1 unspecified atom stereocenters. The van der Waals surface area contributed by atoms with Crippen molar-refractivity contribution in [3.63, 3.8) is 0 Å². The molecule has 0 fully saturated rings. The Balaban J connectivity index is 1.62. The predicted octanol–water partition coefficient (Wildman–Crippen LogP) is 3.87. The molecule has 1 atom stereocenters. The molecule has 2 N–H and O–H groups in total. The third-order valence-corrected chi connectivity index (χ3v) is 7.20. The number of hydrogen-bond donors (Lipinski definition) is 2. The number of halogens is 1. The lowest BCUT2D eigenvalue weighted by molar-refractivity contribution is 0.0940. The number of carbonyl (C=O) groups is 1. The SMILES string of the molecule is Cc1ccc(C(=O)NC(c2ccccc2F)c2nccn2C)cc1S(=O)(=O)NCc1ccccc1. The Morgan fingerprint density at radius 1 is 1.06 bits per heavy atom. The van der Waals surface area contributed by atoms with Gasteiger partial charge in [0.05, 0.1) is 4.90 Å². The molecule has 0 bridgehead atoms. The second-order valence-corrected chi connectivity index (χ2v) is 9.85. The Bertz CT molecular complexity index is 1450. The van der Waals surface area contributed by atoms with E-state index < -0.39 is 27.8 Å². The molecule has 0 aliphatic heterocycles. The van der Waals surface area contributed by atoms with Crippen LogP contribution >= 0.6 is 0 Å². The molecule has 1 amide bonds. The predicted molar refractivity (Wildman–Crippen MR) is 131 cm³/mol. The van der Waals surface area contributed by atoms with E-state index in [1.54, 1.807) is 55.2 Å². The van der Waals surface area contributed by atoms with Gasteiger partial charge in [-0.1, -0.05) is 54.6 Å². The van der Waals surface area contributed by atoms with Crippen LogP contribution in [0.15, 0.2) is 90.1 Å². The van der Waals surface area contributed by atoms with Gasteiger partial charge in [-0.2, -0.15) is 0 Å². The number of hydrogen-bond acceptors (Lipinski definition) is 4. The first-order valence-corrected chi connectivity index (χ1v) is 12.4. The van der Waals surface area contributed by atoms with Gasteiger partial charge in [-0.25, -0.2) is 22.5 Å². The second kappa shape index (κ2) is 10.2. The van der Waals surface area contributed by atoms with Crippen molar-refractivity contribution in [3.05, 3.63) is 119 Å². The summed E-state index contributed by atoms with van der Waals surface area (Å²) in [6.45, 7) is 1.78. The molecule has 0 spiro atoms. The van der Waals surface area contributed by atoms with Crippen LogP contribution in [0.4, 0.5) is 4.39 Å². The quantitative estimate of drug-likeness (QED) is 0.391. The van der Waals surface area contributed by atoms with Crippen molar-refractivity contribution in [2.75, 3.05) is 0 Å². The van der Waals surface area contributed by atoms with E-state index in [0.29, 0.717) is 11.4 Å². The molecule has 0 aliphatic rings. The minimum atomic E-state index is -3.89. The molecule has 180 valence electrons. The lowest BCUT2D eigenvalue weighted by atomic mass is 10.0. The fourth-order valence-electron chi connectivity index (χ4n) is 3.74. The number of benzene rings is 3. The van der Waals surface area contributed by atoms with E-state index in [1.165, 1.54) is 18.2 Å². The van der Waals surface area contributed by atoms with E-state index in [-0.39, 0.29) is 22.6 Å². The fraction of sp³-hybridized carbons (Fsp3) is 0.154. The van der Waals surface area contributed by atoms with Crippen molar-refractivity contribution in [1.29, 1.82) is 0 Å². The zero-order valence-corrected chi connectivity index (χ0v) is 20.1. The molecule has 0 radical (unpaired) electrons. The number of amides is 1. The van der Waals surface area contributed by atoms with E-state index in [9.17, 15) is 17.6 Å². The number of rotatable bonds is 8. The summed E-state index contributed by atoms with van der Waals surface area (Å²) in [6.07, 6.45) is 3.26. The van der Waals surface area contributed by atoms with E-state index in [2.05, 4.69) is 15.0 Å². The summed E-state index contributed by atoms with van der Waals surface area (Å²) < 4.78 is 44.9. The number of nitrogens with one attached hydrogen (secondary N) is 2. The zero-order valence-electron chi connectivity index (χ0n) is 19.3. The summed E-state index contributed by atoms with van der Waals surface area (Å²) in [5.41, 5.74) is 1.69. The van der Waals surface area contributed by atoms with Crippen LogP contribution in [0.5, 0.6) is 0 Å². The summed E-state index contributed by atoms with van der Waals surface area (Å²) >= 11 is 0. The Labute approximate surface area is 203 Å². The molecule has 1 heterocycles. The molecule has 0 saturated carbocycles. The molecule has 1 aromatic heterocycles. The first-order chi connectivity index (χ1) is 16.8. The van der Waals surface area contributed by atoms with Crippen LogP contribution in [-0.2, 0) is 23.6 Å². The van der Waals surface area contributed by atoms with Crippen LogP contribution in [0.2, 0.25) is 0 Å². The van der Waals surface area contributed by atoms with Gasteiger partial charge in [0.1, 0.15) is 17.7 Å². The Hall–Kier alpha value is -3.82. The number of aryl methyl sites for hydroxylation is 2. The van der Waals surface area contributed by atoms with Gasteiger partial charge in [0, 0.05) is 37.1 Å². The molecule has 35 heavy (non-hydrogen) atoms. The lowest BCUT2D eigenvalue weighted by Gasteiger charge is -2.20. The average molecular weight is 493 g/mol. The van der Waals surface area contributed by atoms with Crippen molar-refractivity contribution in [2.24, 2.45) is 7.05 Å². The molecule has 9 heteroatoms. The van der Waals surface area contributed by atoms with E-state index in [4.69, 9.17) is 0 Å². The van der Waals surface area contributed by atoms with Gasteiger partial charge in [-0.05, 0) is 36.2 Å². The first-order valence-electron chi connectivity index (χ1n) is 10.9. The Morgan fingerprint density at radius 3 is 2.46 bits per heavy atom. The highest BCUT2D eigenvalue weighted by molar-refractivity contribution is 7.89. The van der Waals surface area contributed by atoms with Crippen molar-refractivity contribution < 1.29 is 17.6 Å². The van der Waals surface area contributed by atoms with Crippen LogP contribution in [0.25, 0.3) is 0 Å². The fourth-order valence-corrected chi connectivity index (χ4v) is 5.03. The molecule has 7 nitrogen and oxygen atoms in total. The summed E-state index contributed by atoms with van der Waals surface area (Å²) in [7, 11) is -2.14. The monoisotopic (exact) mass is 492 g/mol. The van der Waals surface area contributed by atoms with Crippen molar-refractivity contribution in [3.8, 4) is 0 Å². The van der Waals surface area contributed by atoms with Gasteiger partial charge >= 0.3 is 0 Å². The highest BCUT2D eigenvalue weighted by atomic mass is 32.2. The molecule has 4 rings (SSSR count). The van der Waals surface area contributed by atoms with Crippen molar-refractivity contribution >= 4 is 15.9 Å². The lowest BCUT2D eigenvalue weighted by Crippen LogP contribution is -2.32. The third kappa shape index (κ3) is 5.47. The number of sulfonamides is 1. The minimum absolute atomic E-state index is 0.000476. The van der Waals surface area contributed by atoms with Gasteiger partial charge in [0.2, 0.25) is 10.0 Å².